The second-order valence-corrected chi connectivity index (χ2v) is 5.26. The van der Waals surface area contributed by atoms with E-state index in [0.29, 0.717) is 5.82 Å². The molecule has 0 saturated heterocycles. The van der Waals surface area contributed by atoms with Crippen LogP contribution in [0.2, 0.25) is 0 Å². The van der Waals surface area contributed by atoms with Gasteiger partial charge >= 0.3 is 17.9 Å². The first-order valence-corrected chi connectivity index (χ1v) is 7.68. The third-order valence-corrected chi connectivity index (χ3v) is 3.51. The molecule has 0 aliphatic rings. The summed E-state index contributed by atoms with van der Waals surface area (Å²) in [6.45, 7) is 0. The summed E-state index contributed by atoms with van der Waals surface area (Å²) < 4.78 is 1.44. The summed E-state index contributed by atoms with van der Waals surface area (Å²) in [7, 11) is 0. The molecule has 0 aliphatic carbocycles. The van der Waals surface area contributed by atoms with Crippen molar-refractivity contribution in [1.29, 1.82) is 5.26 Å². The van der Waals surface area contributed by atoms with E-state index in [9.17, 15) is 14.4 Å². The van der Waals surface area contributed by atoms with Crippen LogP contribution in [0, 0.1) is 11.5 Å². The van der Waals surface area contributed by atoms with Crippen LogP contribution in [-0.2, 0) is 0 Å². The Balaban J connectivity index is 0.000000202. The van der Waals surface area contributed by atoms with E-state index in [1.165, 1.54) is 4.57 Å². The number of imidazole rings is 1. The molecule has 0 bridgehead atoms. The fraction of sp³-hybridized carbons (Fsp3) is 0. The smallest absolute Gasteiger partial charge is 0.336 e. The highest BCUT2D eigenvalue weighted by Gasteiger charge is 2.17. The molecule has 3 N–H and O–H groups in total. The summed E-state index contributed by atoms with van der Waals surface area (Å²) in [4.78, 5) is 35.9. The molecule has 0 spiro atoms. The van der Waals surface area contributed by atoms with Gasteiger partial charge in [0.1, 0.15) is 0 Å². The maximum atomic E-state index is 10.6. The van der Waals surface area contributed by atoms with Crippen LogP contribution in [-0.4, -0.2) is 42.8 Å². The van der Waals surface area contributed by atoms with Gasteiger partial charge in [-0.15, -0.1) is 0 Å². The standard InChI is InChI=1S/C10H7N3.C9H6O6/c11-8-13-7-6-12-10(13)9-4-2-1-3-5-9;10-7(11)4-1-2-5(8(12)13)6(3-4)9(14)15/h1-7H;1-3H,(H,10,11)(H,12,13)(H,14,15). The molecule has 0 amide bonds. The molecule has 9 nitrogen and oxygen atoms in total. The van der Waals surface area contributed by atoms with Crippen LogP contribution in [0.3, 0.4) is 0 Å². The minimum Gasteiger partial charge on any atom is -0.478 e. The van der Waals surface area contributed by atoms with E-state index in [-0.39, 0.29) is 5.56 Å². The lowest BCUT2D eigenvalue weighted by molar-refractivity contribution is 0.0649. The van der Waals surface area contributed by atoms with Gasteiger partial charge in [-0.3, -0.25) is 0 Å². The minimum absolute atomic E-state index is 0.266. The summed E-state index contributed by atoms with van der Waals surface area (Å²) in [6, 6.07) is 12.4. The van der Waals surface area contributed by atoms with Gasteiger partial charge in [0.05, 0.1) is 16.7 Å². The Labute approximate surface area is 158 Å². The highest BCUT2D eigenvalue weighted by atomic mass is 16.4. The van der Waals surface area contributed by atoms with Crippen LogP contribution >= 0.6 is 0 Å². The number of carbonyl (C=O) groups is 3. The number of rotatable bonds is 4. The topological polar surface area (TPSA) is 154 Å². The van der Waals surface area contributed by atoms with Crippen molar-refractivity contribution in [1.82, 2.24) is 9.55 Å². The first kappa shape index (κ1) is 19.9. The normalized spacial score (nSPS) is 9.54. The number of hydrogen-bond acceptors (Lipinski definition) is 5. The number of aromatic carboxylic acids is 3. The number of hydrogen-bond donors (Lipinski definition) is 3. The Hall–Kier alpha value is -4.45. The van der Waals surface area contributed by atoms with Gasteiger partial charge in [-0.25, -0.2) is 23.9 Å². The van der Waals surface area contributed by atoms with Crippen molar-refractivity contribution in [2.75, 3.05) is 0 Å². The average molecular weight is 379 g/mol. The maximum Gasteiger partial charge on any atom is 0.336 e. The molecule has 9 heteroatoms. The van der Waals surface area contributed by atoms with Crippen molar-refractivity contribution in [3.05, 3.63) is 77.6 Å². The van der Waals surface area contributed by atoms with E-state index in [4.69, 9.17) is 20.6 Å². The van der Waals surface area contributed by atoms with E-state index < -0.39 is 29.0 Å². The van der Waals surface area contributed by atoms with E-state index >= 15 is 0 Å². The highest BCUT2D eigenvalue weighted by molar-refractivity contribution is 6.03. The van der Waals surface area contributed by atoms with Crippen LogP contribution in [0.25, 0.3) is 11.4 Å². The maximum absolute atomic E-state index is 10.6. The van der Waals surface area contributed by atoms with Crippen molar-refractivity contribution >= 4 is 17.9 Å². The van der Waals surface area contributed by atoms with Crippen LogP contribution < -0.4 is 0 Å². The zero-order valence-electron chi connectivity index (χ0n) is 14.2. The van der Waals surface area contributed by atoms with Gasteiger partial charge in [0, 0.05) is 18.0 Å². The molecule has 0 unspecified atom stereocenters. The molecule has 140 valence electrons. The van der Waals surface area contributed by atoms with Gasteiger partial charge in [0.15, 0.2) is 12.0 Å². The van der Waals surface area contributed by atoms with Gasteiger partial charge in [-0.05, 0) is 18.2 Å². The van der Waals surface area contributed by atoms with Crippen LogP contribution in [0.4, 0.5) is 0 Å². The number of nitrogens with zero attached hydrogens (tertiary/aromatic N) is 3. The third kappa shape index (κ3) is 4.59. The zero-order chi connectivity index (χ0) is 20.7. The van der Waals surface area contributed by atoms with Crippen molar-refractivity contribution in [3.8, 4) is 17.6 Å². The number of aromatic nitrogens is 2. The lowest BCUT2D eigenvalue weighted by atomic mass is 10.0. The Kier molecular flexibility index (Phi) is 6.23. The van der Waals surface area contributed by atoms with Gasteiger partial charge in [0.25, 0.3) is 0 Å². The Bertz CT molecular complexity index is 1070. The Morgan fingerprint density at radius 2 is 1.54 bits per heavy atom. The molecule has 3 aromatic rings. The molecule has 0 fully saturated rings. The second kappa shape index (κ2) is 8.77. The fourth-order valence-corrected chi connectivity index (χ4v) is 2.23. The molecule has 28 heavy (non-hydrogen) atoms. The molecule has 3 rings (SSSR count). The molecule has 0 atom stereocenters. The summed E-state index contributed by atoms with van der Waals surface area (Å²) in [5.41, 5.74) is -0.290. The van der Waals surface area contributed by atoms with Gasteiger partial charge in [-0.2, -0.15) is 5.26 Å². The van der Waals surface area contributed by atoms with Crippen LogP contribution in [0.1, 0.15) is 31.1 Å². The Morgan fingerprint density at radius 1 is 0.893 bits per heavy atom. The lowest BCUT2D eigenvalue weighted by Gasteiger charge is -2.02. The number of carboxylic acid groups (broad SMARTS) is 3. The Morgan fingerprint density at radius 3 is 2.07 bits per heavy atom. The van der Waals surface area contributed by atoms with Crippen molar-refractivity contribution in [2.45, 2.75) is 0 Å². The highest BCUT2D eigenvalue weighted by Crippen LogP contribution is 2.15. The van der Waals surface area contributed by atoms with Gasteiger partial charge < -0.3 is 15.3 Å². The quantitative estimate of drug-likeness (QED) is 0.625. The first-order valence-electron chi connectivity index (χ1n) is 7.68. The lowest BCUT2D eigenvalue weighted by Crippen LogP contribution is -2.10. The summed E-state index contributed by atoms with van der Waals surface area (Å²) >= 11 is 0. The largest absolute Gasteiger partial charge is 0.478 e. The van der Waals surface area contributed by atoms with E-state index in [0.717, 1.165) is 23.8 Å². The molecule has 1 aromatic heterocycles. The molecule has 0 aliphatic heterocycles. The van der Waals surface area contributed by atoms with E-state index in [1.807, 2.05) is 36.5 Å². The van der Waals surface area contributed by atoms with E-state index in [1.54, 1.807) is 12.4 Å². The van der Waals surface area contributed by atoms with E-state index in [2.05, 4.69) is 4.98 Å². The third-order valence-electron chi connectivity index (χ3n) is 3.51. The number of nitriles is 1. The zero-order valence-corrected chi connectivity index (χ0v) is 14.2. The second-order valence-electron chi connectivity index (χ2n) is 5.26. The number of carboxylic acids is 3. The predicted molar refractivity (Wildman–Crippen MR) is 96.0 cm³/mol. The first-order chi connectivity index (χ1) is 13.3. The molecule has 2 aromatic carbocycles. The summed E-state index contributed by atoms with van der Waals surface area (Å²) in [5, 5.41) is 34.6. The van der Waals surface area contributed by atoms with Crippen molar-refractivity contribution in [2.24, 2.45) is 0 Å². The SMILES string of the molecule is N#Cn1ccnc1-c1ccccc1.O=C(O)c1ccc(C(=O)O)c(C(=O)O)c1. The fourth-order valence-electron chi connectivity index (χ4n) is 2.23. The average Bonchev–Trinajstić information content (AvgIpc) is 3.17. The van der Waals surface area contributed by atoms with Crippen LogP contribution in [0.15, 0.2) is 60.9 Å². The molecule has 0 radical (unpaired) electrons. The van der Waals surface area contributed by atoms with Crippen molar-refractivity contribution < 1.29 is 29.7 Å². The summed E-state index contributed by atoms with van der Waals surface area (Å²) in [6.07, 6.45) is 5.29. The molecular weight excluding hydrogens is 366 g/mol. The monoisotopic (exact) mass is 379 g/mol. The van der Waals surface area contributed by atoms with Gasteiger partial charge in [0.2, 0.25) is 0 Å². The van der Waals surface area contributed by atoms with Crippen LogP contribution in [0.5, 0.6) is 0 Å². The number of benzene rings is 2. The minimum atomic E-state index is -1.48. The molecular formula is C19H13N3O6. The summed E-state index contributed by atoms with van der Waals surface area (Å²) in [5.74, 6) is -3.52. The molecule has 0 saturated carbocycles. The van der Waals surface area contributed by atoms with Crippen molar-refractivity contribution in [3.63, 3.8) is 0 Å². The van der Waals surface area contributed by atoms with Gasteiger partial charge in [-0.1, -0.05) is 30.3 Å². The predicted octanol–water partition coefficient (Wildman–Crippen LogP) is 2.66. The molecule has 1 heterocycles.